The van der Waals surface area contributed by atoms with E-state index in [0.29, 0.717) is 6.54 Å². The Morgan fingerprint density at radius 3 is 2.76 bits per heavy atom. The Morgan fingerprint density at radius 1 is 1.14 bits per heavy atom. The monoisotopic (exact) mass is 289 g/mol. The van der Waals surface area contributed by atoms with Gasteiger partial charge in [0.15, 0.2) is 11.6 Å². The van der Waals surface area contributed by atoms with Gasteiger partial charge < -0.3 is 10.1 Å². The minimum absolute atomic E-state index is 0.225. The second-order valence-electron chi connectivity index (χ2n) is 5.29. The van der Waals surface area contributed by atoms with E-state index in [-0.39, 0.29) is 6.04 Å². The van der Waals surface area contributed by atoms with Gasteiger partial charge in [-0.2, -0.15) is 0 Å². The highest BCUT2D eigenvalue weighted by Gasteiger charge is 2.22. The second kappa shape index (κ2) is 5.82. The second-order valence-corrected chi connectivity index (χ2v) is 5.29. The fourth-order valence-electron chi connectivity index (χ4n) is 2.81. The molecule has 0 radical (unpaired) electrons. The lowest BCUT2D eigenvalue weighted by atomic mass is 10.1. The Hall–Kier alpha value is -1.94. The summed E-state index contributed by atoms with van der Waals surface area (Å²) in [5.41, 5.74) is 3.29. The van der Waals surface area contributed by atoms with Gasteiger partial charge in [0.05, 0.1) is 7.11 Å². The first kappa shape index (κ1) is 14.0. The normalized spacial score (nSPS) is 16.8. The molecule has 0 heterocycles. The standard InChI is InChI=1S/C17H17F2NO/c1-21-13-5-3-12-4-7-17(14(12)9-13)20-10-11-2-6-15(18)16(19)8-11/h2-3,5-6,8-9,17,20H,4,7,10H2,1H3. The lowest BCUT2D eigenvalue weighted by molar-refractivity contribution is 0.413. The van der Waals surface area contributed by atoms with E-state index in [1.54, 1.807) is 13.2 Å². The van der Waals surface area contributed by atoms with E-state index in [1.807, 2.05) is 12.1 Å². The largest absolute Gasteiger partial charge is 0.497 e. The summed E-state index contributed by atoms with van der Waals surface area (Å²) in [6.07, 6.45) is 2.03. The first-order chi connectivity index (χ1) is 10.2. The maximum Gasteiger partial charge on any atom is 0.159 e. The summed E-state index contributed by atoms with van der Waals surface area (Å²) in [6.45, 7) is 0.512. The zero-order valence-corrected chi connectivity index (χ0v) is 11.8. The van der Waals surface area contributed by atoms with Crippen molar-refractivity contribution >= 4 is 0 Å². The Bertz CT molecular complexity index is 657. The molecule has 1 aliphatic carbocycles. The Balaban J connectivity index is 1.71. The van der Waals surface area contributed by atoms with E-state index >= 15 is 0 Å². The molecule has 1 atom stereocenters. The quantitative estimate of drug-likeness (QED) is 0.925. The summed E-state index contributed by atoms with van der Waals surface area (Å²) in [6, 6.07) is 10.3. The van der Waals surface area contributed by atoms with E-state index in [4.69, 9.17) is 4.74 Å². The van der Waals surface area contributed by atoms with Crippen molar-refractivity contribution in [2.24, 2.45) is 0 Å². The van der Waals surface area contributed by atoms with Crippen molar-refractivity contribution in [3.05, 3.63) is 64.7 Å². The molecule has 1 aliphatic rings. The molecular weight excluding hydrogens is 272 g/mol. The van der Waals surface area contributed by atoms with Crippen LogP contribution in [0.1, 0.15) is 29.2 Å². The number of rotatable bonds is 4. The lowest BCUT2D eigenvalue weighted by Crippen LogP contribution is -2.18. The molecule has 0 saturated heterocycles. The van der Waals surface area contributed by atoms with Crippen LogP contribution in [0, 0.1) is 11.6 Å². The van der Waals surface area contributed by atoms with Crippen LogP contribution in [0.15, 0.2) is 36.4 Å². The van der Waals surface area contributed by atoms with Crippen molar-refractivity contribution in [2.75, 3.05) is 7.11 Å². The Kier molecular flexibility index (Phi) is 3.88. The number of hydrogen-bond donors (Lipinski definition) is 1. The molecular formula is C17H17F2NO. The predicted molar refractivity (Wildman–Crippen MR) is 77.3 cm³/mol. The fraction of sp³-hybridized carbons (Fsp3) is 0.294. The predicted octanol–water partition coefficient (Wildman–Crippen LogP) is 3.75. The molecule has 2 aromatic rings. The van der Waals surface area contributed by atoms with E-state index in [2.05, 4.69) is 11.4 Å². The molecule has 2 aromatic carbocycles. The first-order valence-corrected chi connectivity index (χ1v) is 7.01. The smallest absolute Gasteiger partial charge is 0.159 e. The molecule has 0 bridgehead atoms. The van der Waals surface area contributed by atoms with Crippen molar-refractivity contribution < 1.29 is 13.5 Å². The molecule has 21 heavy (non-hydrogen) atoms. The number of nitrogens with one attached hydrogen (secondary N) is 1. The molecule has 0 aromatic heterocycles. The maximum atomic E-state index is 13.2. The maximum absolute atomic E-state index is 13.2. The molecule has 0 amide bonds. The fourth-order valence-corrected chi connectivity index (χ4v) is 2.81. The molecule has 3 rings (SSSR count). The van der Waals surface area contributed by atoms with E-state index < -0.39 is 11.6 Å². The van der Waals surface area contributed by atoms with Gasteiger partial charge in [0.25, 0.3) is 0 Å². The van der Waals surface area contributed by atoms with Crippen LogP contribution in [0.4, 0.5) is 8.78 Å². The zero-order valence-electron chi connectivity index (χ0n) is 11.8. The number of hydrogen-bond acceptors (Lipinski definition) is 2. The number of methoxy groups -OCH3 is 1. The SMILES string of the molecule is COc1ccc2c(c1)C(NCc1ccc(F)c(F)c1)CC2. The van der Waals surface area contributed by atoms with E-state index in [0.717, 1.165) is 30.2 Å². The van der Waals surface area contributed by atoms with Crippen LogP contribution in [0.3, 0.4) is 0 Å². The summed E-state index contributed by atoms with van der Waals surface area (Å²) in [5.74, 6) is -0.771. The van der Waals surface area contributed by atoms with Gasteiger partial charge >= 0.3 is 0 Å². The number of aryl methyl sites for hydroxylation is 1. The molecule has 0 spiro atoms. The molecule has 0 saturated carbocycles. The van der Waals surface area contributed by atoms with Gasteiger partial charge in [0.1, 0.15) is 5.75 Å². The highest BCUT2D eigenvalue weighted by molar-refractivity contribution is 5.40. The Morgan fingerprint density at radius 2 is 2.00 bits per heavy atom. The van der Waals surface area contributed by atoms with Crippen molar-refractivity contribution in [2.45, 2.75) is 25.4 Å². The van der Waals surface area contributed by atoms with Crippen molar-refractivity contribution in [3.8, 4) is 5.75 Å². The number of benzene rings is 2. The van der Waals surface area contributed by atoms with E-state index in [1.165, 1.54) is 17.2 Å². The van der Waals surface area contributed by atoms with Crippen LogP contribution in [0.25, 0.3) is 0 Å². The summed E-state index contributed by atoms with van der Waals surface area (Å²) in [4.78, 5) is 0. The molecule has 0 fully saturated rings. The molecule has 4 heteroatoms. The van der Waals surface area contributed by atoms with Crippen molar-refractivity contribution in [1.29, 1.82) is 0 Å². The van der Waals surface area contributed by atoms with E-state index in [9.17, 15) is 8.78 Å². The third-order valence-electron chi connectivity index (χ3n) is 3.97. The number of ether oxygens (including phenoxy) is 1. The molecule has 0 aliphatic heterocycles. The van der Waals surface area contributed by atoms with Crippen LogP contribution in [-0.2, 0) is 13.0 Å². The van der Waals surface area contributed by atoms with Crippen molar-refractivity contribution in [3.63, 3.8) is 0 Å². The van der Waals surface area contributed by atoms with Gasteiger partial charge in [-0.15, -0.1) is 0 Å². The summed E-state index contributed by atoms with van der Waals surface area (Å²) >= 11 is 0. The summed E-state index contributed by atoms with van der Waals surface area (Å²) in [7, 11) is 1.65. The van der Waals surface area contributed by atoms with Gasteiger partial charge in [-0.25, -0.2) is 8.78 Å². The summed E-state index contributed by atoms with van der Waals surface area (Å²) < 4.78 is 31.4. The molecule has 110 valence electrons. The van der Waals surface area contributed by atoms with Gasteiger partial charge in [-0.3, -0.25) is 0 Å². The van der Waals surface area contributed by atoms with Crippen LogP contribution in [-0.4, -0.2) is 7.11 Å². The third kappa shape index (κ3) is 2.90. The number of halogens is 2. The average molecular weight is 289 g/mol. The highest BCUT2D eigenvalue weighted by atomic mass is 19.2. The van der Waals surface area contributed by atoms with Gasteiger partial charge in [0, 0.05) is 12.6 Å². The summed E-state index contributed by atoms with van der Waals surface area (Å²) in [5, 5.41) is 3.41. The average Bonchev–Trinajstić information content (AvgIpc) is 2.90. The molecule has 1 N–H and O–H groups in total. The van der Waals surface area contributed by atoms with Gasteiger partial charge in [0.2, 0.25) is 0 Å². The van der Waals surface area contributed by atoms with Gasteiger partial charge in [-0.05, 0) is 53.8 Å². The van der Waals surface area contributed by atoms with Crippen LogP contribution < -0.4 is 10.1 Å². The highest BCUT2D eigenvalue weighted by Crippen LogP contribution is 2.33. The van der Waals surface area contributed by atoms with Gasteiger partial charge in [-0.1, -0.05) is 12.1 Å². The molecule has 1 unspecified atom stereocenters. The van der Waals surface area contributed by atoms with Crippen LogP contribution in [0.5, 0.6) is 5.75 Å². The van der Waals surface area contributed by atoms with Crippen molar-refractivity contribution in [1.82, 2.24) is 5.32 Å². The topological polar surface area (TPSA) is 21.3 Å². The lowest BCUT2D eigenvalue weighted by Gasteiger charge is -2.15. The number of fused-ring (bicyclic) bond motifs is 1. The third-order valence-corrected chi connectivity index (χ3v) is 3.97. The van der Waals surface area contributed by atoms with Crippen LogP contribution >= 0.6 is 0 Å². The minimum Gasteiger partial charge on any atom is -0.497 e. The minimum atomic E-state index is -0.810. The zero-order chi connectivity index (χ0) is 14.8. The first-order valence-electron chi connectivity index (χ1n) is 7.01. The Labute approximate surface area is 122 Å². The molecule has 2 nitrogen and oxygen atoms in total. The van der Waals surface area contributed by atoms with Crippen LogP contribution in [0.2, 0.25) is 0 Å².